The van der Waals surface area contributed by atoms with Crippen LogP contribution in [0.1, 0.15) is 23.9 Å². The summed E-state index contributed by atoms with van der Waals surface area (Å²) < 4.78 is 3.74. The Morgan fingerprint density at radius 3 is 2.96 bits per heavy atom. The molecule has 1 aliphatic rings. The highest BCUT2D eigenvalue weighted by Gasteiger charge is 2.30. The minimum atomic E-state index is 0.0825. The van der Waals surface area contributed by atoms with Crippen molar-refractivity contribution < 1.29 is 4.79 Å². The van der Waals surface area contributed by atoms with Crippen molar-refractivity contribution in [3.8, 4) is 0 Å². The smallest absolute Gasteiger partial charge is 0.244 e. The number of para-hydroxylation sites is 1. The second-order valence-corrected chi connectivity index (χ2v) is 6.41. The molecule has 3 heterocycles. The number of hydrogen-bond donors (Lipinski definition) is 0. The second-order valence-electron chi connectivity index (χ2n) is 6.41. The molecule has 0 radical (unpaired) electrons. The second kappa shape index (κ2) is 5.74. The van der Waals surface area contributed by atoms with E-state index in [4.69, 9.17) is 0 Å². The molecule has 1 atom stereocenters. The minimum absolute atomic E-state index is 0.0825. The van der Waals surface area contributed by atoms with Crippen LogP contribution in [0.15, 0.2) is 30.5 Å². The third-order valence-electron chi connectivity index (χ3n) is 4.64. The molecule has 7 heteroatoms. The number of imidazole rings is 1. The van der Waals surface area contributed by atoms with Gasteiger partial charge in [0, 0.05) is 32.3 Å². The number of nitrogens with zero attached hydrogens (tertiary/aromatic N) is 6. The quantitative estimate of drug-likeness (QED) is 0.732. The molecular weight excluding hydrogens is 304 g/mol. The topological polar surface area (TPSA) is 68.8 Å². The molecule has 2 aromatic heterocycles. The van der Waals surface area contributed by atoms with Gasteiger partial charge in [0.1, 0.15) is 17.9 Å². The van der Waals surface area contributed by atoms with Gasteiger partial charge in [-0.15, -0.1) is 5.10 Å². The number of aryl methyl sites for hydroxylation is 2. The summed E-state index contributed by atoms with van der Waals surface area (Å²) in [6.07, 6.45) is 2.98. The molecule has 0 aliphatic carbocycles. The van der Waals surface area contributed by atoms with Gasteiger partial charge in [0.2, 0.25) is 5.91 Å². The van der Waals surface area contributed by atoms with Crippen LogP contribution in [0.4, 0.5) is 0 Å². The van der Waals surface area contributed by atoms with Crippen LogP contribution in [-0.2, 0) is 18.4 Å². The van der Waals surface area contributed by atoms with Crippen molar-refractivity contribution >= 4 is 16.9 Å². The molecule has 1 amide bonds. The predicted octanol–water partition coefficient (Wildman–Crippen LogP) is 1.49. The molecule has 1 aromatic carbocycles. The zero-order valence-corrected chi connectivity index (χ0v) is 13.9. The van der Waals surface area contributed by atoms with Crippen molar-refractivity contribution in [3.05, 3.63) is 42.0 Å². The highest BCUT2D eigenvalue weighted by atomic mass is 16.2. The SMILES string of the molecule is Cc1cn(C)c([C@H]2CCN(C(=O)Cn3nnc4ccccc43)C2)n1. The van der Waals surface area contributed by atoms with E-state index in [1.54, 1.807) is 4.68 Å². The Bertz CT molecular complexity index is 896. The molecule has 0 unspecified atom stereocenters. The van der Waals surface area contributed by atoms with E-state index in [2.05, 4.69) is 19.9 Å². The maximum Gasteiger partial charge on any atom is 0.244 e. The number of carbonyl (C=O) groups excluding carboxylic acids is 1. The van der Waals surface area contributed by atoms with Crippen LogP contribution in [0.5, 0.6) is 0 Å². The van der Waals surface area contributed by atoms with Gasteiger partial charge in [-0.1, -0.05) is 17.3 Å². The zero-order chi connectivity index (χ0) is 16.7. The fraction of sp³-hybridized carbons (Fsp3) is 0.412. The molecular formula is C17H20N6O. The van der Waals surface area contributed by atoms with E-state index < -0.39 is 0 Å². The molecule has 124 valence electrons. The van der Waals surface area contributed by atoms with Crippen molar-refractivity contribution in [2.45, 2.75) is 25.8 Å². The van der Waals surface area contributed by atoms with Gasteiger partial charge in [-0.3, -0.25) is 4.79 Å². The number of aromatic nitrogens is 5. The van der Waals surface area contributed by atoms with Crippen LogP contribution >= 0.6 is 0 Å². The average Bonchev–Trinajstić information content (AvgIpc) is 3.26. The minimum Gasteiger partial charge on any atom is -0.340 e. The van der Waals surface area contributed by atoms with Crippen molar-refractivity contribution in [2.24, 2.45) is 7.05 Å². The van der Waals surface area contributed by atoms with Crippen LogP contribution in [0, 0.1) is 6.92 Å². The molecule has 3 aromatic rings. The third-order valence-corrected chi connectivity index (χ3v) is 4.64. The van der Waals surface area contributed by atoms with Gasteiger partial charge in [0.15, 0.2) is 0 Å². The number of rotatable bonds is 3. The Balaban J connectivity index is 1.47. The van der Waals surface area contributed by atoms with Crippen LogP contribution in [0.25, 0.3) is 11.0 Å². The number of fused-ring (bicyclic) bond motifs is 1. The summed E-state index contributed by atoms with van der Waals surface area (Å²) >= 11 is 0. The largest absolute Gasteiger partial charge is 0.340 e. The normalized spacial score (nSPS) is 17.8. The van der Waals surface area contributed by atoms with Gasteiger partial charge in [0.25, 0.3) is 0 Å². The molecule has 0 bridgehead atoms. The Hall–Kier alpha value is -2.70. The van der Waals surface area contributed by atoms with Gasteiger partial charge in [0.05, 0.1) is 11.2 Å². The number of hydrogen-bond acceptors (Lipinski definition) is 4. The molecule has 7 nitrogen and oxygen atoms in total. The maximum atomic E-state index is 12.6. The first-order chi connectivity index (χ1) is 11.6. The summed E-state index contributed by atoms with van der Waals surface area (Å²) in [5.41, 5.74) is 2.72. The Morgan fingerprint density at radius 2 is 2.17 bits per heavy atom. The first kappa shape index (κ1) is 14.9. The summed E-state index contributed by atoms with van der Waals surface area (Å²) in [7, 11) is 2.02. The fourth-order valence-corrected chi connectivity index (χ4v) is 3.47. The van der Waals surface area contributed by atoms with Crippen LogP contribution in [0.3, 0.4) is 0 Å². The summed E-state index contributed by atoms with van der Waals surface area (Å²) in [4.78, 5) is 19.1. The lowest BCUT2D eigenvalue weighted by Crippen LogP contribution is -2.32. The molecule has 0 spiro atoms. The highest BCUT2D eigenvalue weighted by molar-refractivity contribution is 5.80. The van der Waals surface area contributed by atoms with Gasteiger partial charge in [-0.25, -0.2) is 9.67 Å². The van der Waals surface area contributed by atoms with Gasteiger partial charge in [-0.05, 0) is 25.5 Å². The number of carbonyl (C=O) groups is 1. The van der Waals surface area contributed by atoms with Crippen molar-refractivity contribution in [1.29, 1.82) is 0 Å². The fourth-order valence-electron chi connectivity index (χ4n) is 3.47. The van der Waals surface area contributed by atoms with Crippen molar-refractivity contribution in [3.63, 3.8) is 0 Å². The van der Waals surface area contributed by atoms with Crippen LogP contribution in [0.2, 0.25) is 0 Å². The zero-order valence-electron chi connectivity index (χ0n) is 13.9. The standard InChI is InChI=1S/C17H20N6O/c1-12-9-21(2)17(18-12)13-7-8-22(10-13)16(24)11-23-15-6-4-3-5-14(15)19-20-23/h3-6,9,13H,7-8,10-11H2,1-2H3/t13-/m0/s1. The molecule has 4 rings (SSSR count). The summed E-state index contributed by atoms with van der Waals surface area (Å²) in [5, 5.41) is 8.21. The van der Waals surface area contributed by atoms with E-state index in [0.29, 0.717) is 5.92 Å². The van der Waals surface area contributed by atoms with E-state index in [0.717, 1.165) is 42.1 Å². The van der Waals surface area contributed by atoms with E-state index in [1.807, 2.05) is 49.3 Å². The van der Waals surface area contributed by atoms with Gasteiger partial charge in [-0.2, -0.15) is 0 Å². The van der Waals surface area contributed by atoms with E-state index >= 15 is 0 Å². The van der Waals surface area contributed by atoms with E-state index in [1.165, 1.54) is 0 Å². The average molecular weight is 324 g/mol. The summed E-state index contributed by atoms with van der Waals surface area (Å²) in [6.45, 7) is 3.71. The number of benzene rings is 1. The lowest BCUT2D eigenvalue weighted by molar-refractivity contribution is -0.130. The molecule has 1 fully saturated rings. The monoisotopic (exact) mass is 324 g/mol. The summed E-state index contributed by atoms with van der Waals surface area (Å²) in [6, 6.07) is 7.69. The van der Waals surface area contributed by atoms with Gasteiger partial charge < -0.3 is 9.47 Å². The lowest BCUT2D eigenvalue weighted by Gasteiger charge is -2.16. The maximum absolute atomic E-state index is 12.6. The molecule has 1 aliphatic heterocycles. The number of likely N-dealkylation sites (tertiary alicyclic amines) is 1. The van der Waals surface area contributed by atoms with Crippen molar-refractivity contribution in [1.82, 2.24) is 29.4 Å². The molecule has 0 saturated carbocycles. The Labute approximate surface area is 139 Å². The lowest BCUT2D eigenvalue weighted by atomic mass is 10.1. The van der Waals surface area contributed by atoms with Crippen molar-refractivity contribution in [2.75, 3.05) is 13.1 Å². The molecule has 0 N–H and O–H groups in total. The third kappa shape index (κ3) is 2.55. The first-order valence-electron chi connectivity index (χ1n) is 8.17. The first-order valence-corrected chi connectivity index (χ1v) is 8.17. The molecule has 1 saturated heterocycles. The summed E-state index contributed by atoms with van der Waals surface area (Å²) in [5.74, 6) is 1.45. The van der Waals surface area contributed by atoms with Gasteiger partial charge >= 0.3 is 0 Å². The van der Waals surface area contributed by atoms with E-state index in [-0.39, 0.29) is 12.5 Å². The number of amides is 1. The van der Waals surface area contributed by atoms with Crippen LogP contribution in [-0.4, -0.2) is 48.4 Å². The Morgan fingerprint density at radius 1 is 1.33 bits per heavy atom. The molecule has 24 heavy (non-hydrogen) atoms. The van der Waals surface area contributed by atoms with E-state index in [9.17, 15) is 4.79 Å². The Kier molecular flexibility index (Phi) is 3.55. The predicted molar refractivity (Wildman–Crippen MR) is 89.4 cm³/mol. The highest BCUT2D eigenvalue weighted by Crippen LogP contribution is 2.26. The van der Waals surface area contributed by atoms with Crippen LogP contribution < -0.4 is 0 Å².